The standard InChI is InChI=1S/C20H32N2O2/c1-15(12-16-6-5-7-16)21-13-17-8-10-18(11-9-17)14-22-19(23)24-20(2,3)4/h8-11,15-16,21H,5-7,12-14H2,1-4H3,(H,22,23). The Kier molecular flexibility index (Phi) is 6.67. The van der Waals surface area contributed by atoms with Gasteiger partial charge in [0.1, 0.15) is 5.60 Å². The zero-order chi connectivity index (χ0) is 17.6. The molecule has 4 heteroatoms. The summed E-state index contributed by atoms with van der Waals surface area (Å²) in [7, 11) is 0. The van der Waals surface area contributed by atoms with Crippen LogP contribution >= 0.6 is 0 Å². The molecule has 1 atom stereocenters. The number of benzene rings is 1. The molecule has 0 bridgehead atoms. The van der Waals surface area contributed by atoms with E-state index in [1.54, 1.807) is 0 Å². The minimum atomic E-state index is -0.463. The molecule has 2 N–H and O–H groups in total. The Morgan fingerprint density at radius 3 is 2.25 bits per heavy atom. The summed E-state index contributed by atoms with van der Waals surface area (Å²) in [5.74, 6) is 0.939. The van der Waals surface area contributed by atoms with Crippen molar-refractivity contribution in [1.29, 1.82) is 0 Å². The molecule has 134 valence electrons. The Bertz CT molecular complexity index is 515. The van der Waals surface area contributed by atoms with E-state index < -0.39 is 5.60 Å². The SMILES string of the molecule is CC(CC1CCC1)NCc1ccc(CNC(=O)OC(C)(C)C)cc1. The first-order valence-electron chi connectivity index (χ1n) is 9.10. The van der Waals surface area contributed by atoms with Crippen LogP contribution in [-0.2, 0) is 17.8 Å². The van der Waals surface area contributed by atoms with Crippen molar-refractivity contribution < 1.29 is 9.53 Å². The van der Waals surface area contributed by atoms with Crippen LogP contribution in [0.2, 0.25) is 0 Å². The molecule has 0 spiro atoms. The van der Waals surface area contributed by atoms with E-state index in [1.807, 2.05) is 20.8 Å². The summed E-state index contributed by atoms with van der Waals surface area (Å²) in [6.07, 6.45) is 5.14. The molecular weight excluding hydrogens is 300 g/mol. The summed E-state index contributed by atoms with van der Waals surface area (Å²) >= 11 is 0. The molecular formula is C20H32N2O2. The number of carbonyl (C=O) groups excluding carboxylic acids is 1. The van der Waals surface area contributed by atoms with Crippen LogP contribution in [0.3, 0.4) is 0 Å². The zero-order valence-electron chi connectivity index (χ0n) is 15.5. The van der Waals surface area contributed by atoms with Gasteiger partial charge in [0.15, 0.2) is 0 Å². The fourth-order valence-corrected chi connectivity index (χ4v) is 2.87. The molecule has 0 saturated heterocycles. The highest BCUT2D eigenvalue weighted by Gasteiger charge is 2.19. The average molecular weight is 332 g/mol. The molecule has 1 fully saturated rings. The summed E-state index contributed by atoms with van der Waals surface area (Å²) in [6.45, 7) is 9.24. The van der Waals surface area contributed by atoms with Crippen LogP contribution in [0.1, 0.15) is 64.5 Å². The molecule has 4 nitrogen and oxygen atoms in total. The van der Waals surface area contributed by atoms with Gasteiger partial charge in [-0.1, -0.05) is 43.5 Å². The Morgan fingerprint density at radius 2 is 1.75 bits per heavy atom. The lowest BCUT2D eigenvalue weighted by Crippen LogP contribution is -2.32. The quantitative estimate of drug-likeness (QED) is 0.779. The highest BCUT2D eigenvalue weighted by molar-refractivity contribution is 5.67. The lowest BCUT2D eigenvalue weighted by atomic mass is 9.81. The third kappa shape index (κ3) is 6.91. The maximum atomic E-state index is 11.7. The van der Waals surface area contributed by atoms with Gasteiger partial charge in [0, 0.05) is 19.1 Å². The number of ether oxygens (including phenoxy) is 1. The van der Waals surface area contributed by atoms with Crippen LogP contribution < -0.4 is 10.6 Å². The Morgan fingerprint density at radius 1 is 1.17 bits per heavy atom. The number of rotatable bonds is 7. The van der Waals surface area contributed by atoms with Crippen molar-refractivity contribution in [1.82, 2.24) is 10.6 Å². The first kappa shape index (κ1) is 18.8. The lowest BCUT2D eigenvalue weighted by Gasteiger charge is -2.28. The van der Waals surface area contributed by atoms with Crippen molar-refractivity contribution in [3.63, 3.8) is 0 Å². The van der Waals surface area contributed by atoms with E-state index in [0.29, 0.717) is 12.6 Å². The van der Waals surface area contributed by atoms with Gasteiger partial charge in [-0.15, -0.1) is 0 Å². The molecule has 2 rings (SSSR count). The van der Waals surface area contributed by atoms with E-state index in [0.717, 1.165) is 18.0 Å². The third-order valence-electron chi connectivity index (χ3n) is 4.42. The maximum absolute atomic E-state index is 11.7. The highest BCUT2D eigenvalue weighted by Crippen LogP contribution is 2.30. The minimum absolute atomic E-state index is 0.377. The van der Waals surface area contributed by atoms with E-state index in [-0.39, 0.29) is 6.09 Å². The molecule has 1 aliphatic carbocycles. The largest absolute Gasteiger partial charge is 0.444 e. The van der Waals surface area contributed by atoms with Crippen molar-refractivity contribution in [2.75, 3.05) is 0 Å². The average Bonchev–Trinajstić information content (AvgIpc) is 2.46. The van der Waals surface area contributed by atoms with Gasteiger partial charge in [-0.2, -0.15) is 0 Å². The Hall–Kier alpha value is -1.55. The number of hydrogen-bond acceptors (Lipinski definition) is 3. The Balaban J connectivity index is 1.69. The van der Waals surface area contributed by atoms with Crippen molar-refractivity contribution >= 4 is 6.09 Å². The summed E-state index contributed by atoms with van der Waals surface area (Å²) in [5, 5.41) is 6.39. The summed E-state index contributed by atoms with van der Waals surface area (Å²) in [5.41, 5.74) is 1.89. The van der Waals surface area contributed by atoms with Crippen molar-refractivity contribution in [3.05, 3.63) is 35.4 Å². The van der Waals surface area contributed by atoms with Gasteiger partial charge in [0.2, 0.25) is 0 Å². The predicted octanol–water partition coefficient (Wildman–Crippen LogP) is 4.38. The normalized spacial score (nSPS) is 16.3. The number of alkyl carbamates (subject to hydrolysis) is 1. The first-order chi connectivity index (χ1) is 11.3. The molecule has 24 heavy (non-hydrogen) atoms. The van der Waals surface area contributed by atoms with E-state index in [4.69, 9.17) is 4.74 Å². The third-order valence-corrected chi connectivity index (χ3v) is 4.42. The van der Waals surface area contributed by atoms with Crippen LogP contribution in [0.5, 0.6) is 0 Å². The number of amides is 1. The van der Waals surface area contributed by atoms with E-state index in [1.165, 1.54) is 31.2 Å². The van der Waals surface area contributed by atoms with Crippen LogP contribution in [0.15, 0.2) is 24.3 Å². The van der Waals surface area contributed by atoms with Crippen molar-refractivity contribution in [2.24, 2.45) is 5.92 Å². The van der Waals surface area contributed by atoms with Gasteiger partial charge in [0.05, 0.1) is 0 Å². The zero-order valence-corrected chi connectivity index (χ0v) is 15.5. The van der Waals surface area contributed by atoms with Gasteiger partial charge in [0.25, 0.3) is 0 Å². The fourth-order valence-electron chi connectivity index (χ4n) is 2.87. The fraction of sp³-hybridized carbons (Fsp3) is 0.650. The second-order valence-electron chi connectivity index (χ2n) is 7.99. The molecule has 1 aliphatic rings. The molecule has 1 aromatic carbocycles. The van der Waals surface area contributed by atoms with Gasteiger partial charge < -0.3 is 15.4 Å². The van der Waals surface area contributed by atoms with Crippen molar-refractivity contribution in [3.8, 4) is 0 Å². The smallest absolute Gasteiger partial charge is 0.407 e. The van der Waals surface area contributed by atoms with E-state index in [2.05, 4.69) is 41.8 Å². The summed E-state index contributed by atoms with van der Waals surface area (Å²) in [6, 6.07) is 8.93. The van der Waals surface area contributed by atoms with Crippen molar-refractivity contribution in [2.45, 2.75) is 78.1 Å². The predicted molar refractivity (Wildman–Crippen MR) is 97.8 cm³/mol. The molecule has 1 amide bonds. The summed E-state index contributed by atoms with van der Waals surface area (Å²) in [4.78, 5) is 11.7. The number of carbonyl (C=O) groups is 1. The van der Waals surface area contributed by atoms with Gasteiger partial charge in [-0.25, -0.2) is 4.79 Å². The molecule has 0 heterocycles. The second-order valence-corrected chi connectivity index (χ2v) is 7.99. The maximum Gasteiger partial charge on any atom is 0.407 e. The second kappa shape index (κ2) is 8.52. The van der Waals surface area contributed by atoms with Crippen LogP contribution in [0, 0.1) is 5.92 Å². The molecule has 0 radical (unpaired) electrons. The topological polar surface area (TPSA) is 50.4 Å². The molecule has 0 aliphatic heterocycles. The number of hydrogen-bond donors (Lipinski definition) is 2. The molecule has 0 aromatic heterocycles. The van der Waals surface area contributed by atoms with E-state index >= 15 is 0 Å². The number of nitrogens with one attached hydrogen (secondary N) is 2. The van der Waals surface area contributed by atoms with Crippen LogP contribution in [0.4, 0.5) is 4.79 Å². The summed E-state index contributed by atoms with van der Waals surface area (Å²) < 4.78 is 5.23. The van der Waals surface area contributed by atoms with Crippen LogP contribution in [-0.4, -0.2) is 17.7 Å². The molecule has 1 aromatic rings. The minimum Gasteiger partial charge on any atom is -0.444 e. The highest BCUT2D eigenvalue weighted by atomic mass is 16.6. The van der Waals surface area contributed by atoms with Gasteiger partial charge in [-0.3, -0.25) is 0 Å². The van der Waals surface area contributed by atoms with Crippen LogP contribution in [0.25, 0.3) is 0 Å². The molecule has 1 unspecified atom stereocenters. The first-order valence-corrected chi connectivity index (χ1v) is 9.10. The van der Waals surface area contributed by atoms with Gasteiger partial charge in [-0.05, 0) is 51.2 Å². The van der Waals surface area contributed by atoms with E-state index in [9.17, 15) is 4.79 Å². The Labute approximate surface area is 146 Å². The lowest BCUT2D eigenvalue weighted by molar-refractivity contribution is 0.0523. The van der Waals surface area contributed by atoms with Gasteiger partial charge >= 0.3 is 6.09 Å². The monoisotopic (exact) mass is 332 g/mol. The molecule has 1 saturated carbocycles.